The Balaban J connectivity index is 1.39. The fraction of sp³-hybridized carbons (Fsp3) is 0.231. The summed E-state index contributed by atoms with van der Waals surface area (Å²) in [5.41, 5.74) is 1.97. The molecule has 2 aromatic carbocycles. The summed E-state index contributed by atoms with van der Waals surface area (Å²) >= 11 is 0. The Hall–Kier alpha value is -4.04. The maximum atomic E-state index is 13.4. The summed E-state index contributed by atoms with van der Waals surface area (Å²) in [5, 5.41) is 2.85. The molecule has 0 bridgehead atoms. The maximum absolute atomic E-state index is 13.4. The molecule has 0 unspecified atom stereocenters. The van der Waals surface area contributed by atoms with Gasteiger partial charge in [-0.1, -0.05) is 42.5 Å². The molecule has 1 aromatic heterocycles. The van der Waals surface area contributed by atoms with Crippen molar-refractivity contribution in [2.75, 3.05) is 36.5 Å². The minimum absolute atomic E-state index is 0.206. The number of pyridine rings is 1. The van der Waals surface area contributed by atoms with Crippen LogP contribution in [0.15, 0.2) is 72.9 Å². The first kappa shape index (κ1) is 21.8. The van der Waals surface area contributed by atoms with Crippen molar-refractivity contribution in [3.05, 3.63) is 89.6 Å². The second kappa shape index (κ2) is 9.44. The van der Waals surface area contributed by atoms with Gasteiger partial charge < -0.3 is 15.0 Å². The van der Waals surface area contributed by atoms with Crippen LogP contribution in [-0.4, -0.2) is 60.0 Å². The van der Waals surface area contributed by atoms with Gasteiger partial charge in [-0.25, -0.2) is 4.98 Å². The molecule has 3 amide bonds. The Bertz CT molecular complexity index is 1170. The van der Waals surface area contributed by atoms with Crippen molar-refractivity contribution in [1.29, 1.82) is 0 Å². The van der Waals surface area contributed by atoms with Crippen LogP contribution in [0.3, 0.4) is 0 Å². The van der Waals surface area contributed by atoms with Crippen LogP contribution in [0.2, 0.25) is 0 Å². The normalized spacial score (nSPS) is 16.4. The Morgan fingerprint density at radius 2 is 1.56 bits per heavy atom. The number of nitrogens with zero attached hydrogens (tertiary/aromatic N) is 3. The summed E-state index contributed by atoms with van der Waals surface area (Å²) in [6.45, 7) is 2.83. The van der Waals surface area contributed by atoms with E-state index in [1.807, 2.05) is 36.4 Å². The summed E-state index contributed by atoms with van der Waals surface area (Å²) in [7, 11) is 0. The highest BCUT2D eigenvalue weighted by Crippen LogP contribution is 2.27. The largest absolute Gasteiger partial charge is 0.378 e. The maximum Gasteiger partial charge on any atom is 0.262 e. The van der Waals surface area contributed by atoms with Gasteiger partial charge in [-0.05, 0) is 29.8 Å². The van der Waals surface area contributed by atoms with Crippen LogP contribution in [0.4, 0.5) is 11.5 Å². The molecule has 3 heterocycles. The van der Waals surface area contributed by atoms with Gasteiger partial charge in [0.25, 0.3) is 11.8 Å². The van der Waals surface area contributed by atoms with Gasteiger partial charge in [0.1, 0.15) is 11.9 Å². The zero-order chi connectivity index (χ0) is 23.5. The van der Waals surface area contributed by atoms with E-state index in [2.05, 4.69) is 15.2 Å². The lowest BCUT2D eigenvalue weighted by molar-refractivity contribution is -0.119. The Labute approximate surface area is 197 Å². The first-order valence-electron chi connectivity index (χ1n) is 11.2. The summed E-state index contributed by atoms with van der Waals surface area (Å²) < 4.78 is 5.38. The zero-order valence-electron chi connectivity index (χ0n) is 18.5. The fourth-order valence-corrected chi connectivity index (χ4v) is 4.29. The third-order valence-corrected chi connectivity index (χ3v) is 6.06. The Morgan fingerprint density at radius 3 is 2.18 bits per heavy atom. The number of morpholine rings is 1. The highest BCUT2D eigenvalue weighted by Gasteiger charge is 2.42. The van der Waals surface area contributed by atoms with Crippen molar-refractivity contribution < 1.29 is 19.1 Å². The van der Waals surface area contributed by atoms with E-state index in [0.717, 1.165) is 29.4 Å². The molecule has 0 spiro atoms. The van der Waals surface area contributed by atoms with Gasteiger partial charge in [0, 0.05) is 19.5 Å². The molecule has 5 rings (SSSR count). The number of rotatable bonds is 6. The lowest BCUT2D eigenvalue weighted by Crippen LogP contribution is -2.48. The number of carbonyl (C=O) groups is 3. The van der Waals surface area contributed by atoms with Crippen molar-refractivity contribution in [1.82, 2.24) is 9.88 Å². The lowest BCUT2D eigenvalue weighted by atomic mass is 10.0. The van der Waals surface area contributed by atoms with E-state index >= 15 is 0 Å². The van der Waals surface area contributed by atoms with Gasteiger partial charge >= 0.3 is 0 Å². The third kappa shape index (κ3) is 4.27. The molecule has 3 aromatic rings. The summed E-state index contributed by atoms with van der Waals surface area (Å²) in [6.07, 6.45) is 1.79. The highest BCUT2D eigenvalue weighted by atomic mass is 16.5. The second-order valence-electron chi connectivity index (χ2n) is 8.23. The Kier molecular flexibility index (Phi) is 6.05. The molecule has 1 atom stereocenters. The van der Waals surface area contributed by atoms with E-state index < -0.39 is 23.8 Å². The number of hydrogen-bond acceptors (Lipinski definition) is 6. The summed E-state index contributed by atoms with van der Waals surface area (Å²) in [4.78, 5) is 47.3. The van der Waals surface area contributed by atoms with E-state index in [0.29, 0.717) is 30.0 Å². The van der Waals surface area contributed by atoms with E-state index in [9.17, 15) is 14.4 Å². The minimum atomic E-state index is -1.01. The van der Waals surface area contributed by atoms with Crippen LogP contribution >= 0.6 is 0 Å². The SMILES string of the molecule is O=C(Nc1ccc(N2CCOCC2)nc1)[C@@H](Cc1ccccc1)N1C(=O)c2ccccc2C1=O. The van der Waals surface area contributed by atoms with Gasteiger partial charge in [-0.3, -0.25) is 19.3 Å². The van der Waals surface area contributed by atoms with E-state index in [-0.39, 0.29) is 6.42 Å². The van der Waals surface area contributed by atoms with Crippen LogP contribution in [0.1, 0.15) is 26.3 Å². The minimum Gasteiger partial charge on any atom is -0.378 e. The predicted molar refractivity (Wildman–Crippen MR) is 127 cm³/mol. The molecule has 172 valence electrons. The number of ether oxygens (including phenoxy) is 1. The number of fused-ring (bicyclic) bond motifs is 1. The van der Waals surface area contributed by atoms with E-state index in [1.54, 1.807) is 36.5 Å². The number of anilines is 2. The molecule has 34 heavy (non-hydrogen) atoms. The van der Waals surface area contributed by atoms with Gasteiger partial charge in [0.05, 0.1) is 36.2 Å². The molecular formula is C26H24N4O4. The molecule has 8 heteroatoms. The van der Waals surface area contributed by atoms with Gasteiger partial charge in [0.2, 0.25) is 5.91 Å². The summed E-state index contributed by atoms with van der Waals surface area (Å²) in [6, 6.07) is 18.6. The number of carbonyl (C=O) groups excluding carboxylic acids is 3. The number of benzene rings is 2. The van der Waals surface area contributed by atoms with E-state index in [1.165, 1.54) is 0 Å². The number of aromatic nitrogens is 1. The van der Waals surface area contributed by atoms with Crippen LogP contribution in [-0.2, 0) is 16.0 Å². The molecule has 8 nitrogen and oxygen atoms in total. The smallest absolute Gasteiger partial charge is 0.262 e. The second-order valence-corrected chi connectivity index (χ2v) is 8.23. The van der Waals surface area contributed by atoms with Crippen molar-refractivity contribution in [3.8, 4) is 0 Å². The molecular weight excluding hydrogens is 432 g/mol. The standard InChI is InChI=1S/C26H24N4O4/c31-24(28-19-10-11-23(27-17-19)29-12-14-34-15-13-29)22(16-18-6-2-1-3-7-18)30-25(32)20-8-4-5-9-21(20)26(30)33/h1-11,17,22H,12-16H2,(H,28,31)/t22-/m1/s1. The van der Waals surface area contributed by atoms with E-state index in [4.69, 9.17) is 4.74 Å². The molecule has 1 N–H and O–H groups in total. The monoisotopic (exact) mass is 456 g/mol. The van der Waals surface area contributed by atoms with Crippen LogP contribution < -0.4 is 10.2 Å². The highest BCUT2D eigenvalue weighted by molar-refractivity contribution is 6.23. The molecule has 0 radical (unpaired) electrons. The van der Waals surface area contributed by atoms with Crippen molar-refractivity contribution >= 4 is 29.2 Å². The molecule has 1 fully saturated rings. The average molecular weight is 457 g/mol. The average Bonchev–Trinajstić information content (AvgIpc) is 3.14. The fourth-order valence-electron chi connectivity index (χ4n) is 4.29. The number of hydrogen-bond donors (Lipinski definition) is 1. The zero-order valence-corrected chi connectivity index (χ0v) is 18.5. The summed E-state index contributed by atoms with van der Waals surface area (Å²) in [5.74, 6) is -0.559. The van der Waals surface area contributed by atoms with Crippen LogP contribution in [0.25, 0.3) is 0 Å². The number of amides is 3. The Morgan fingerprint density at radius 1 is 0.912 bits per heavy atom. The van der Waals surface area contributed by atoms with Crippen LogP contribution in [0.5, 0.6) is 0 Å². The quantitative estimate of drug-likeness (QED) is 0.574. The number of nitrogens with one attached hydrogen (secondary N) is 1. The van der Waals surface area contributed by atoms with Crippen molar-refractivity contribution in [3.63, 3.8) is 0 Å². The topological polar surface area (TPSA) is 91.8 Å². The van der Waals surface area contributed by atoms with Gasteiger partial charge in [0.15, 0.2) is 0 Å². The first-order valence-corrected chi connectivity index (χ1v) is 11.2. The molecule has 2 aliphatic heterocycles. The molecule has 2 aliphatic rings. The van der Waals surface area contributed by atoms with Gasteiger partial charge in [-0.2, -0.15) is 0 Å². The molecule has 0 aliphatic carbocycles. The van der Waals surface area contributed by atoms with Crippen molar-refractivity contribution in [2.24, 2.45) is 0 Å². The third-order valence-electron chi connectivity index (χ3n) is 6.06. The molecule has 1 saturated heterocycles. The van der Waals surface area contributed by atoms with Gasteiger partial charge in [-0.15, -0.1) is 0 Å². The lowest BCUT2D eigenvalue weighted by Gasteiger charge is -2.28. The predicted octanol–water partition coefficient (Wildman–Crippen LogP) is 2.76. The van der Waals surface area contributed by atoms with Crippen molar-refractivity contribution in [2.45, 2.75) is 12.5 Å². The van der Waals surface area contributed by atoms with Crippen LogP contribution in [0, 0.1) is 0 Å². The molecule has 0 saturated carbocycles. The number of imide groups is 1. The first-order chi connectivity index (χ1) is 16.6.